The van der Waals surface area contributed by atoms with Crippen LogP contribution >= 0.6 is 0 Å². The highest BCUT2D eigenvalue weighted by atomic mass is 19.1. The van der Waals surface area contributed by atoms with E-state index in [0.717, 1.165) is 69.7 Å². The summed E-state index contributed by atoms with van der Waals surface area (Å²) in [5.41, 5.74) is 3.19. The van der Waals surface area contributed by atoms with E-state index in [4.69, 9.17) is 0 Å². The zero-order valence-electron chi connectivity index (χ0n) is 24.0. The summed E-state index contributed by atoms with van der Waals surface area (Å²) in [7, 11) is 0. The molecule has 1 spiro atoms. The highest BCUT2D eigenvalue weighted by Gasteiger charge is 2.47. The Morgan fingerprint density at radius 3 is 2.44 bits per heavy atom. The molecular formula is C33H40F2N4O2. The molecule has 0 unspecified atom stereocenters. The van der Waals surface area contributed by atoms with Crippen molar-refractivity contribution in [3.8, 4) is 0 Å². The number of aryl methyl sites for hydroxylation is 2. The fraction of sp³-hybridized carbons (Fsp3) is 0.424. The van der Waals surface area contributed by atoms with Gasteiger partial charge < -0.3 is 15.5 Å². The summed E-state index contributed by atoms with van der Waals surface area (Å²) < 4.78 is 23.9. The SMILES string of the molecule is CCc1ccc(CCCN2C(=O)C3(CCCC3)NC[C@@H]2C)cc1CC(=O)Nc1ccccn1.Fc1cccc(F)c1. The van der Waals surface area contributed by atoms with Crippen LogP contribution < -0.4 is 10.6 Å². The van der Waals surface area contributed by atoms with E-state index in [1.807, 2.05) is 12.1 Å². The predicted octanol–water partition coefficient (Wildman–Crippen LogP) is 5.86. The van der Waals surface area contributed by atoms with Crippen molar-refractivity contribution in [3.63, 3.8) is 0 Å². The number of hydrogen-bond acceptors (Lipinski definition) is 4. The molecule has 41 heavy (non-hydrogen) atoms. The third kappa shape index (κ3) is 8.19. The van der Waals surface area contributed by atoms with Crippen molar-refractivity contribution in [2.24, 2.45) is 0 Å². The summed E-state index contributed by atoms with van der Waals surface area (Å²) in [6, 6.07) is 16.7. The molecule has 2 aromatic carbocycles. The number of amides is 2. The van der Waals surface area contributed by atoms with E-state index in [-0.39, 0.29) is 17.5 Å². The van der Waals surface area contributed by atoms with Gasteiger partial charge in [0.2, 0.25) is 11.8 Å². The maximum Gasteiger partial charge on any atom is 0.243 e. The maximum absolute atomic E-state index is 13.2. The van der Waals surface area contributed by atoms with Crippen LogP contribution in [0.1, 0.15) is 62.6 Å². The molecule has 218 valence electrons. The first kappa shape index (κ1) is 30.3. The number of rotatable bonds is 8. The number of hydrogen-bond donors (Lipinski definition) is 2. The van der Waals surface area contributed by atoms with Crippen LogP contribution in [-0.4, -0.2) is 46.4 Å². The van der Waals surface area contributed by atoms with Crippen LogP contribution in [0.15, 0.2) is 66.9 Å². The first-order chi connectivity index (χ1) is 19.8. The van der Waals surface area contributed by atoms with E-state index in [2.05, 4.69) is 52.6 Å². The van der Waals surface area contributed by atoms with E-state index in [1.54, 1.807) is 12.3 Å². The Labute approximate surface area is 241 Å². The molecule has 6 nitrogen and oxygen atoms in total. The van der Waals surface area contributed by atoms with Gasteiger partial charge in [-0.2, -0.15) is 0 Å². The van der Waals surface area contributed by atoms with Crippen LogP contribution in [0.2, 0.25) is 0 Å². The lowest BCUT2D eigenvalue weighted by molar-refractivity contribution is -0.144. The highest BCUT2D eigenvalue weighted by Crippen LogP contribution is 2.34. The Hall–Kier alpha value is -3.65. The number of piperazine rings is 1. The van der Waals surface area contributed by atoms with Crippen molar-refractivity contribution in [3.05, 3.63) is 95.2 Å². The summed E-state index contributed by atoms with van der Waals surface area (Å²) >= 11 is 0. The van der Waals surface area contributed by atoms with E-state index in [9.17, 15) is 18.4 Å². The molecule has 1 saturated carbocycles. The standard InChI is InChI=1S/C27H36N4O2.C6H4F2/c1-3-22-12-11-21(17-23(22)18-25(32)30-24-10-4-7-15-28-24)9-8-16-31-20(2)19-29-27(26(31)33)13-5-6-14-27;7-5-2-1-3-6(8)4-5/h4,7,10-12,15,17,20,29H,3,5-6,8-9,13-14,16,18-19H2,1-2H3,(H,28,30,32);1-4H/t20-;/m0./s1. The molecule has 1 atom stereocenters. The molecule has 2 N–H and O–H groups in total. The molecule has 1 saturated heterocycles. The molecule has 0 bridgehead atoms. The van der Waals surface area contributed by atoms with Crippen molar-refractivity contribution >= 4 is 17.6 Å². The number of nitrogens with one attached hydrogen (secondary N) is 2. The summed E-state index contributed by atoms with van der Waals surface area (Å²) in [6.07, 6.45) is 8.95. The van der Waals surface area contributed by atoms with Crippen LogP contribution in [0, 0.1) is 11.6 Å². The largest absolute Gasteiger partial charge is 0.337 e. The Kier molecular flexibility index (Phi) is 10.6. The molecule has 8 heteroatoms. The molecule has 2 aliphatic rings. The smallest absolute Gasteiger partial charge is 0.243 e. The zero-order valence-corrected chi connectivity index (χ0v) is 24.0. The third-order valence-electron chi connectivity index (χ3n) is 7.98. The molecule has 3 aromatic rings. The molecule has 2 heterocycles. The second-order valence-corrected chi connectivity index (χ2v) is 11.0. The Morgan fingerprint density at radius 1 is 1.05 bits per heavy atom. The lowest BCUT2D eigenvalue weighted by atomic mass is 9.91. The van der Waals surface area contributed by atoms with Gasteiger partial charge in [-0.25, -0.2) is 13.8 Å². The van der Waals surface area contributed by atoms with Gasteiger partial charge in [-0.3, -0.25) is 9.59 Å². The van der Waals surface area contributed by atoms with Gasteiger partial charge in [0.15, 0.2) is 0 Å². The Morgan fingerprint density at radius 2 is 1.80 bits per heavy atom. The average Bonchev–Trinajstić information content (AvgIpc) is 3.44. The minimum Gasteiger partial charge on any atom is -0.337 e. The average molecular weight is 563 g/mol. The van der Waals surface area contributed by atoms with E-state index in [1.165, 1.54) is 29.3 Å². The number of aromatic nitrogens is 1. The topological polar surface area (TPSA) is 74.3 Å². The third-order valence-corrected chi connectivity index (χ3v) is 7.98. The van der Waals surface area contributed by atoms with Crippen molar-refractivity contribution in [2.75, 3.05) is 18.4 Å². The van der Waals surface area contributed by atoms with Gasteiger partial charge in [0, 0.05) is 31.4 Å². The second-order valence-electron chi connectivity index (χ2n) is 11.0. The minimum atomic E-state index is -0.537. The first-order valence-electron chi connectivity index (χ1n) is 14.6. The lowest BCUT2D eigenvalue weighted by Crippen LogP contribution is -2.66. The molecule has 2 amide bonds. The normalized spacial score (nSPS) is 17.7. The molecule has 2 fully saturated rings. The van der Waals surface area contributed by atoms with Crippen LogP contribution in [0.4, 0.5) is 14.6 Å². The second kappa shape index (κ2) is 14.3. The van der Waals surface area contributed by atoms with Gasteiger partial charge >= 0.3 is 0 Å². The number of benzene rings is 2. The predicted molar refractivity (Wildman–Crippen MR) is 157 cm³/mol. The van der Waals surface area contributed by atoms with Crippen molar-refractivity contribution in [2.45, 2.75) is 76.8 Å². The fourth-order valence-electron chi connectivity index (χ4n) is 5.75. The number of nitrogens with zero attached hydrogens (tertiary/aromatic N) is 2. The Bertz CT molecular complexity index is 1290. The van der Waals surface area contributed by atoms with Crippen molar-refractivity contribution in [1.82, 2.24) is 15.2 Å². The van der Waals surface area contributed by atoms with Crippen molar-refractivity contribution < 1.29 is 18.4 Å². The zero-order chi connectivity index (χ0) is 29.2. The van der Waals surface area contributed by atoms with Crippen molar-refractivity contribution in [1.29, 1.82) is 0 Å². The Balaban J connectivity index is 0.000000417. The van der Waals surface area contributed by atoms with E-state index >= 15 is 0 Å². The number of carbonyl (C=O) groups excluding carboxylic acids is 2. The van der Waals surface area contributed by atoms with Gasteiger partial charge in [0.25, 0.3) is 0 Å². The molecule has 1 aliphatic carbocycles. The number of pyridine rings is 1. The molecular weight excluding hydrogens is 522 g/mol. The van der Waals surface area contributed by atoms with E-state index < -0.39 is 11.6 Å². The summed E-state index contributed by atoms with van der Waals surface area (Å²) in [5.74, 6) is -0.254. The molecule has 0 radical (unpaired) electrons. The summed E-state index contributed by atoms with van der Waals surface area (Å²) in [4.78, 5) is 32.1. The van der Waals surface area contributed by atoms with E-state index in [0.29, 0.717) is 18.1 Å². The number of carbonyl (C=O) groups is 2. The van der Waals surface area contributed by atoms with Gasteiger partial charge in [-0.1, -0.05) is 50.1 Å². The van der Waals surface area contributed by atoms with Gasteiger partial charge in [0.1, 0.15) is 17.5 Å². The summed E-state index contributed by atoms with van der Waals surface area (Å²) in [5, 5.41) is 6.43. The highest BCUT2D eigenvalue weighted by molar-refractivity contribution is 5.91. The monoisotopic (exact) mass is 562 g/mol. The number of anilines is 1. The van der Waals surface area contributed by atoms with Crippen LogP contribution in [0.3, 0.4) is 0 Å². The maximum atomic E-state index is 13.2. The summed E-state index contributed by atoms with van der Waals surface area (Å²) in [6.45, 7) is 5.92. The first-order valence-corrected chi connectivity index (χ1v) is 14.6. The molecule has 5 rings (SSSR count). The van der Waals surface area contributed by atoms with Crippen LogP contribution in [0.5, 0.6) is 0 Å². The molecule has 1 aromatic heterocycles. The fourth-order valence-corrected chi connectivity index (χ4v) is 5.75. The van der Waals surface area contributed by atoms with Gasteiger partial charge in [0.05, 0.1) is 12.0 Å². The minimum absolute atomic E-state index is 0.0531. The number of halogens is 2. The molecule has 1 aliphatic heterocycles. The van der Waals surface area contributed by atoms with Gasteiger partial charge in [-0.05, 0) is 80.0 Å². The lowest BCUT2D eigenvalue weighted by Gasteiger charge is -2.44. The van der Waals surface area contributed by atoms with Crippen LogP contribution in [0.25, 0.3) is 0 Å². The van der Waals surface area contributed by atoms with Crippen LogP contribution in [-0.2, 0) is 28.9 Å². The van der Waals surface area contributed by atoms with Gasteiger partial charge in [-0.15, -0.1) is 0 Å². The quantitative estimate of drug-likeness (QED) is 0.361.